The molecule has 22 heavy (non-hydrogen) atoms. The standard InChI is InChI=1S/C17H17BrClFO2/c1-10-6-13(19)7-11(2)16(10)22-15-5-4-12(8-14(15)18)17(3,21)9-20/h4-8,21H,9H2,1-3H3. The average molecular weight is 388 g/mol. The summed E-state index contributed by atoms with van der Waals surface area (Å²) in [5.41, 5.74) is 0.833. The van der Waals surface area contributed by atoms with Gasteiger partial charge in [-0.05, 0) is 77.7 Å². The minimum Gasteiger partial charge on any atom is -0.456 e. The second-order valence-corrected chi connectivity index (χ2v) is 6.81. The normalized spacial score (nSPS) is 13.8. The van der Waals surface area contributed by atoms with Gasteiger partial charge in [0.05, 0.1) is 4.47 Å². The van der Waals surface area contributed by atoms with Crippen LogP contribution in [0.25, 0.3) is 0 Å². The second-order valence-electron chi connectivity index (χ2n) is 5.52. The Morgan fingerprint density at radius 1 is 1.23 bits per heavy atom. The van der Waals surface area contributed by atoms with E-state index in [0.717, 1.165) is 16.9 Å². The van der Waals surface area contributed by atoms with Crippen molar-refractivity contribution in [3.63, 3.8) is 0 Å². The highest BCUT2D eigenvalue weighted by atomic mass is 79.9. The van der Waals surface area contributed by atoms with Gasteiger partial charge in [0.2, 0.25) is 0 Å². The molecule has 0 saturated heterocycles. The lowest BCUT2D eigenvalue weighted by molar-refractivity contribution is 0.0299. The van der Waals surface area contributed by atoms with Crippen LogP contribution in [-0.2, 0) is 5.60 Å². The van der Waals surface area contributed by atoms with E-state index in [2.05, 4.69) is 15.9 Å². The molecule has 0 aromatic heterocycles. The third kappa shape index (κ3) is 3.62. The summed E-state index contributed by atoms with van der Waals surface area (Å²) in [6.45, 7) is 4.42. The van der Waals surface area contributed by atoms with E-state index < -0.39 is 12.3 Å². The highest BCUT2D eigenvalue weighted by molar-refractivity contribution is 9.10. The summed E-state index contributed by atoms with van der Waals surface area (Å²) >= 11 is 9.42. The van der Waals surface area contributed by atoms with Gasteiger partial charge < -0.3 is 9.84 Å². The third-order valence-electron chi connectivity index (χ3n) is 3.45. The number of ether oxygens (including phenoxy) is 1. The van der Waals surface area contributed by atoms with Crippen LogP contribution in [0, 0.1) is 13.8 Å². The van der Waals surface area contributed by atoms with E-state index in [1.807, 2.05) is 26.0 Å². The van der Waals surface area contributed by atoms with Gasteiger partial charge in [0.1, 0.15) is 23.8 Å². The van der Waals surface area contributed by atoms with Crippen LogP contribution in [0.15, 0.2) is 34.8 Å². The molecular weight excluding hydrogens is 371 g/mol. The van der Waals surface area contributed by atoms with Crippen molar-refractivity contribution in [2.75, 3.05) is 6.67 Å². The SMILES string of the molecule is Cc1cc(Cl)cc(C)c1Oc1ccc(C(C)(O)CF)cc1Br. The van der Waals surface area contributed by atoms with Crippen LogP contribution in [0.2, 0.25) is 5.02 Å². The minimum atomic E-state index is -1.51. The molecule has 0 fully saturated rings. The molecule has 5 heteroatoms. The molecule has 2 rings (SSSR count). The Balaban J connectivity index is 2.36. The van der Waals surface area contributed by atoms with Gasteiger partial charge in [-0.25, -0.2) is 4.39 Å². The van der Waals surface area contributed by atoms with Crippen molar-refractivity contribution in [2.24, 2.45) is 0 Å². The van der Waals surface area contributed by atoms with E-state index in [4.69, 9.17) is 16.3 Å². The van der Waals surface area contributed by atoms with E-state index in [9.17, 15) is 9.50 Å². The highest BCUT2D eigenvalue weighted by Crippen LogP contribution is 2.37. The number of alkyl halides is 1. The molecular formula is C17H17BrClFO2. The zero-order chi connectivity index (χ0) is 16.5. The van der Waals surface area contributed by atoms with Crippen LogP contribution in [-0.4, -0.2) is 11.8 Å². The molecule has 0 radical (unpaired) electrons. The summed E-state index contributed by atoms with van der Waals surface area (Å²) < 4.78 is 19.5. The molecule has 1 N–H and O–H groups in total. The predicted molar refractivity (Wildman–Crippen MR) is 90.7 cm³/mol. The maximum Gasteiger partial charge on any atom is 0.141 e. The van der Waals surface area contributed by atoms with Crippen LogP contribution in [0.4, 0.5) is 4.39 Å². The average Bonchev–Trinajstić information content (AvgIpc) is 2.44. The van der Waals surface area contributed by atoms with E-state index in [1.54, 1.807) is 18.2 Å². The van der Waals surface area contributed by atoms with E-state index in [-0.39, 0.29) is 0 Å². The summed E-state index contributed by atoms with van der Waals surface area (Å²) in [4.78, 5) is 0. The predicted octanol–water partition coefficient (Wildman–Crippen LogP) is 5.69. The quantitative estimate of drug-likeness (QED) is 0.730. The molecule has 2 nitrogen and oxygen atoms in total. The summed E-state index contributed by atoms with van der Waals surface area (Å²) in [6.07, 6.45) is 0. The highest BCUT2D eigenvalue weighted by Gasteiger charge is 2.24. The molecule has 0 aliphatic carbocycles. The van der Waals surface area contributed by atoms with Crippen molar-refractivity contribution in [1.82, 2.24) is 0 Å². The molecule has 1 unspecified atom stereocenters. The Hall–Kier alpha value is -1.10. The van der Waals surface area contributed by atoms with Crippen LogP contribution in [0.5, 0.6) is 11.5 Å². The molecule has 0 heterocycles. The van der Waals surface area contributed by atoms with Crippen LogP contribution in [0.1, 0.15) is 23.6 Å². The molecule has 1 atom stereocenters. The van der Waals surface area contributed by atoms with Gasteiger partial charge >= 0.3 is 0 Å². The molecule has 118 valence electrons. The van der Waals surface area contributed by atoms with E-state index >= 15 is 0 Å². The van der Waals surface area contributed by atoms with Crippen molar-refractivity contribution in [3.8, 4) is 11.5 Å². The van der Waals surface area contributed by atoms with Crippen molar-refractivity contribution in [3.05, 3.63) is 56.5 Å². The lowest BCUT2D eigenvalue weighted by Gasteiger charge is -2.21. The fourth-order valence-corrected chi connectivity index (χ4v) is 2.95. The fraction of sp³-hybridized carbons (Fsp3) is 0.294. The van der Waals surface area contributed by atoms with Crippen molar-refractivity contribution < 1.29 is 14.2 Å². The lowest BCUT2D eigenvalue weighted by Crippen LogP contribution is -2.23. The number of aryl methyl sites for hydroxylation is 2. The Morgan fingerprint density at radius 2 is 1.82 bits per heavy atom. The minimum absolute atomic E-state index is 0.485. The fourth-order valence-electron chi connectivity index (χ4n) is 2.16. The maximum atomic E-state index is 12.9. The number of aliphatic hydroxyl groups is 1. The first-order valence-electron chi connectivity index (χ1n) is 6.77. The largest absolute Gasteiger partial charge is 0.456 e. The van der Waals surface area contributed by atoms with Gasteiger partial charge in [-0.2, -0.15) is 0 Å². The molecule has 0 bridgehead atoms. The first-order chi connectivity index (χ1) is 10.2. The molecule has 0 amide bonds. The zero-order valence-electron chi connectivity index (χ0n) is 12.6. The molecule has 2 aromatic carbocycles. The first kappa shape index (κ1) is 17.3. The first-order valence-corrected chi connectivity index (χ1v) is 7.94. The number of benzene rings is 2. The lowest BCUT2D eigenvalue weighted by atomic mass is 9.98. The summed E-state index contributed by atoms with van der Waals surface area (Å²) in [7, 11) is 0. The number of hydrogen-bond acceptors (Lipinski definition) is 2. The third-order valence-corrected chi connectivity index (χ3v) is 4.29. The summed E-state index contributed by atoms with van der Waals surface area (Å²) in [6, 6.07) is 8.69. The summed E-state index contributed by atoms with van der Waals surface area (Å²) in [5, 5.41) is 10.6. The van der Waals surface area contributed by atoms with E-state index in [0.29, 0.717) is 20.8 Å². The Kier molecular flexibility index (Phi) is 5.15. The van der Waals surface area contributed by atoms with Gasteiger partial charge in [0.15, 0.2) is 0 Å². The molecule has 0 aliphatic rings. The van der Waals surface area contributed by atoms with Crippen molar-refractivity contribution in [1.29, 1.82) is 0 Å². The zero-order valence-corrected chi connectivity index (χ0v) is 14.9. The molecule has 0 saturated carbocycles. The molecule has 0 spiro atoms. The second kappa shape index (κ2) is 6.57. The van der Waals surface area contributed by atoms with Gasteiger partial charge in [-0.15, -0.1) is 0 Å². The van der Waals surface area contributed by atoms with Gasteiger partial charge in [0, 0.05) is 5.02 Å². The Morgan fingerprint density at radius 3 is 2.32 bits per heavy atom. The Bertz CT molecular complexity index is 678. The number of rotatable bonds is 4. The smallest absolute Gasteiger partial charge is 0.141 e. The van der Waals surface area contributed by atoms with Crippen LogP contribution >= 0.6 is 27.5 Å². The molecule has 2 aromatic rings. The maximum absolute atomic E-state index is 12.9. The van der Waals surface area contributed by atoms with Crippen LogP contribution < -0.4 is 4.74 Å². The number of hydrogen-bond donors (Lipinski definition) is 1. The monoisotopic (exact) mass is 386 g/mol. The molecule has 0 aliphatic heterocycles. The van der Waals surface area contributed by atoms with Gasteiger partial charge in [-0.1, -0.05) is 17.7 Å². The topological polar surface area (TPSA) is 29.5 Å². The Labute approximate surface area is 143 Å². The van der Waals surface area contributed by atoms with Gasteiger partial charge in [0.25, 0.3) is 0 Å². The summed E-state index contributed by atoms with van der Waals surface area (Å²) in [5.74, 6) is 1.32. The van der Waals surface area contributed by atoms with E-state index in [1.165, 1.54) is 6.92 Å². The van der Waals surface area contributed by atoms with Crippen molar-refractivity contribution in [2.45, 2.75) is 26.4 Å². The number of halogens is 3. The van der Waals surface area contributed by atoms with Crippen LogP contribution in [0.3, 0.4) is 0 Å². The van der Waals surface area contributed by atoms with Crippen molar-refractivity contribution >= 4 is 27.5 Å². The van der Waals surface area contributed by atoms with Gasteiger partial charge in [-0.3, -0.25) is 0 Å².